The number of benzene rings is 1. The Morgan fingerprint density at radius 2 is 1.52 bits per heavy atom. The largest absolute Gasteiger partial charge is 0.481 e. The maximum Gasteiger partial charge on any atom is 0.305 e. The summed E-state index contributed by atoms with van der Waals surface area (Å²) in [6, 6.07) is 6.20. The molecule has 0 aliphatic carbocycles. The monoisotopic (exact) mass is 404 g/mol. The molecule has 5 nitrogen and oxygen atoms in total. The molecule has 0 radical (unpaired) electrons. The molecule has 1 rings (SSSR count). The second-order valence-corrected chi connectivity index (χ2v) is 8.47. The van der Waals surface area contributed by atoms with Gasteiger partial charge in [-0.15, -0.1) is 0 Å². The Morgan fingerprint density at radius 1 is 0.966 bits per heavy atom. The number of carbonyl (C=O) groups is 2. The van der Waals surface area contributed by atoms with Crippen LogP contribution in [0.1, 0.15) is 74.5 Å². The molecule has 1 aromatic carbocycles. The van der Waals surface area contributed by atoms with Gasteiger partial charge in [0.15, 0.2) is 0 Å². The first kappa shape index (κ1) is 25.2. The highest BCUT2D eigenvalue weighted by Gasteiger charge is 2.16. The second-order valence-electron chi connectivity index (χ2n) is 8.47. The summed E-state index contributed by atoms with van der Waals surface area (Å²) < 4.78 is 0. The number of carboxylic acid groups (broad SMARTS) is 1. The van der Waals surface area contributed by atoms with Crippen LogP contribution in [0.4, 0.5) is 0 Å². The highest BCUT2D eigenvalue weighted by Crippen LogP contribution is 2.17. The van der Waals surface area contributed by atoms with Crippen LogP contribution in [0.2, 0.25) is 0 Å². The Labute approximate surface area is 176 Å². The van der Waals surface area contributed by atoms with Crippen molar-refractivity contribution in [1.29, 1.82) is 0 Å². The summed E-state index contributed by atoms with van der Waals surface area (Å²) in [4.78, 5) is 24.9. The van der Waals surface area contributed by atoms with Crippen molar-refractivity contribution in [3.05, 3.63) is 34.9 Å². The molecule has 1 atom stereocenters. The van der Waals surface area contributed by atoms with Gasteiger partial charge < -0.3 is 15.3 Å². The van der Waals surface area contributed by atoms with Gasteiger partial charge in [-0.05, 0) is 63.9 Å². The van der Waals surface area contributed by atoms with Gasteiger partial charge in [-0.3, -0.25) is 9.59 Å². The van der Waals surface area contributed by atoms with E-state index >= 15 is 0 Å². The van der Waals surface area contributed by atoms with Crippen LogP contribution in [-0.4, -0.2) is 48.6 Å². The zero-order valence-electron chi connectivity index (χ0n) is 18.8. The Hall–Kier alpha value is -1.88. The van der Waals surface area contributed by atoms with E-state index in [1.54, 1.807) is 0 Å². The molecule has 164 valence electrons. The molecule has 0 spiro atoms. The number of carbonyl (C=O) groups excluding carboxylic acids is 1. The number of aliphatic carboxylic acids is 1. The summed E-state index contributed by atoms with van der Waals surface area (Å²) in [7, 11) is 3.76. The van der Waals surface area contributed by atoms with Crippen LogP contribution in [0.3, 0.4) is 0 Å². The minimum Gasteiger partial charge on any atom is -0.481 e. The number of carboxylic acids is 1. The van der Waals surface area contributed by atoms with Crippen molar-refractivity contribution in [1.82, 2.24) is 10.2 Å². The number of likely N-dealkylation sites (N-methyl/N-ethyl adjacent to an activating group) is 1. The van der Waals surface area contributed by atoms with Gasteiger partial charge in [0.25, 0.3) is 0 Å². The van der Waals surface area contributed by atoms with Crippen LogP contribution in [0.15, 0.2) is 18.2 Å². The average Bonchev–Trinajstić information content (AvgIpc) is 2.61. The molecule has 0 aliphatic rings. The molecule has 1 unspecified atom stereocenters. The van der Waals surface area contributed by atoms with E-state index in [1.165, 1.54) is 48.8 Å². The lowest BCUT2D eigenvalue weighted by atomic mass is 9.97. The van der Waals surface area contributed by atoms with Gasteiger partial charge >= 0.3 is 5.97 Å². The van der Waals surface area contributed by atoms with Crippen LogP contribution >= 0.6 is 0 Å². The Bertz CT molecular complexity index is 608. The lowest BCUT2D eigenvalue weighted by Gasteiger charge is -2.20. The summed E-state index contributed by atoms with van der Waals surface area (Å²) >= 11 is 0. The third-order valence-electron chi connectivity index (χ3n) is 5.35. The fourth-order valence-corrected chi connectivity index (χ4v) is 3.83. The predicted octanol–water partition coefficient (Wildman–Crippen LogP) is 4.49. The third kappa shape index (κ3) is 11.6. The number of aryl methyl sites for hydroxylation is 2. The second kappa shape index (κ2) is 14.2. The third-order valence-corrected chi connectivity index (χ3v) is 5.35. The highest BCUT2D eigenvalue weighted by molar-refractivity contribution is 5.77. The molecule has 0 aliphatic heterocycles. The summed E-state index contributed by atoms with van der Waals surface area (Å²) in [5.41, 5.74) is 4.31. The molecule has 0 aromatic heterocycles. The van der Waals surface area contributed by atoms with Crippen molar-refractivity contribution in [2.45, 2.75) is 84.1 Å². The van der Waals surface area contributed by atoms with E-state index < -0.39 is 5.97 Å². The van der Waals surface area contributed by atoms with Crippen molar-refractivity contribution in [3.8, 4) is 0 Å². The first-order valence-corrected chi connectivity index (χ1v) is 11.0. The van der Waals surface area contributed by atoms with Crippen LogP contribution < -0.4 is 5.32 Å². The SMILES string of the molecule is Cc1cccc(C)c1CCCCCCCCCC(=O)NC(CC(=O)O)CN(C)C. The van der Waals surface area contributed by atoms with Crippen LogP contribution in [0, 0.1) is 13.8 Å². The maximum absolute atomic E-state index is 12.1. The van der Waals surface area contributed by atoms with E-state index in [1.807, 2.05) is 19.0 Å². The van der Waals surface area contributed by atoms with Crippen LogP contribution in [0.25, 0.3) is 0 Å². The standard InChI is InChI=1S/C24H40N2O3/c1-19-13-12-14-20(2)22(19)15-10-8-6-5-7-9-11-16-23(27)25-21(17-24(28)29)18-26(3)4/h12-14,21H,5-11,15-18H2,1-4H3,(H,25,27)(H,28,29). The van der Waals surface area contributed by atoms with E-state index in [9.17, 15) is 9.59 Å². The predicted molar refractivity (Wildman–Crippen MR) is 119 cm³/mol. The normalized spacial score (nSPS) is 12.2. The van der Waals surface area contributed by atoms with Crippen molar-refractivity contribution < 1.29 is 14.7 Å². The van der Waals surface area contributed by atoms with E-state index in [2.05, 4.69) is 37.4 Å². The Balaban J connectivity index is 2.08. The molecular formula is C24H40N2O3. The quantitative estimate of drug-likeness (QED) is 0.423. The molecule has 29 heavy (non-hydrogen) atoms. The molecule has 2 N–H and O–H groups in total. The summed E-state index contributed by atoms with van der Waals surface area (Å²) in [6.45, 7) is 4.94. The number of unbranched alkanes of at least 4 members (excludes halogenated alkanes) is 6. The maximum atomic E-state index is 12.1. The minimum atomic E-state index is -0.880. The topological polar surface area (TPSA) is 69.6 Å². The van der Waals surface area contributed by atoms with Gasteiger partial charge in [-0.1, -0.05) is 50.3 Å². The zero-order valence-corrected chi connectivity index (χ0v) is 18.8. The van der Waals surface area contributed by atoms with Crippen molar-refractivity contribution in [2.75, 3.05) is 20.6 Å². The number of nitrogens with zero attached hydrogens (tertiary/aromatic N) is 1. The Morgan fingerprint density at radius 3 is 2.07 bits per heavy atom. The van der Waals surface area contributed by atoms with Crippen LogP contribution in [-0.2, 0) is 16.0 Å². The molecule has 0 bridgehead atoms. The summed E-state index contributed by atoms with van der Waals surface area (Å²) in [5, 5.41) is 11.8. The number of rotatable bonds is 15. The van der Waals surface area contributed by atoms with Gasteiger partial charge in [0.1, 0.15) is 0 Å². The van der Waals surface area contributed by atoms with Gasteiger partial charge in [-0.25, -0.2) is 0 Å². The fourth-order valence-electron chi connectivity index (χ4n) is 3.83. The molecule has 0 saturated carbocycles. The van der Waals surface area contributed by atoms with E-state index in [0.717, 1.165) is 19.3 Å². The number of amides is 1. The van der Waals surface area contributed by atoms with Crippen molar-refractivity contribution >= 4 is 11.9 Å². The average molecular weight is 405 g/mol. The van der Waals surface area contributed by atoms with Crippen molar-refractivity contribution in [3.63, 3.8) is 0 Å². The van der Waals surface area contributed by atoms with E-state index in [-0.39, 0.29) is 18.4 Å². The molecule has 0 heterocycles. The molecular weight excluding hydrogens is 364 g/mol. The molecule has 1 amide bonds. The van der Waals surface area contributed by atoms with Gasteiger partial charge in [0, 0.05) is 13.0 Å². The Kier molecular flexibility index (Phi) is 12.3. The molecule has 0 fully saturated rings. The minimum absolute atomic E-state index is 0.0355. The van der Waals surface area contributed by atoms with Gasteiger partial charge in [-0.2, -0.15) is 0 Å². The first-order chi connectivity index (χ1) is 13.8. The lowest BCUT2D eigenvalue weighted by Crippen LogP contribution is -2.42. The lowest BCUT2D eigenvalue weighted by molar-refractivity contribution is -0.137. The highest BCUT2D eigenvalue weighted by atomic mass is 16.4. The van der Waals surface area contributed by atoms with Crippen molar-refractivity contribution in [2.24, 2.45) is 0 Å². The number of hydrogen-bond donors (Lipinski definition) is 2. The van der Waals surface area contributed by atoms with Gasteiger partial charge in [0.2, 0.25) is 5.91 Å². The zero-order chi connectivity index (χ0) is 21.6. The first-order valence-electron chi connectivity index (χ1n) is 11.0. The molecule has 1 aromatic rings. The smallest absolute Gasteiger partial charge is 0.305 e. The van der Waals surface area contributed by atoms with Crippen LogP contribution in [0.5, 0.6) is 0 Å². The summed E-state index contributed by atoms with van der Waals surface area (Å²) in [5.74, 6) is -0.915. The molecule has 5 heteroatoms. The summed E-state index contributed by atoms with van der Waals surface area (Å²) in [6.07, 6.45) is 9.67. The van der Waals surface area contributed by atoms with E-state index in [0.29, 0.717) is 13.0 Å². The number of hydrogen-bond acceptors (Lipinski definition) is 3. The van der Waals surface area contributed by atoms with Gasteiger partial charge in [0.05, 0.1) is 12.5 Å². The number of nitrogens with one attached hydrogen (secondary N) is 1. The van der Waals surface area contributed by atoms with E-state index in [4.69, 9.17) is 5.11 Å². The molecule has 0 saturated heterocycles. The fraction of sp³-hybridized carbons (Fsp3) is 0.667.